The van der Waals surface area contributed by atoms with Crippen LogP contribution >= 0.6 is 11.3 Å². The van der Waals surface area contributed by atoms with E-state index in [0.717, 1.165) is 49.6 Å². The van der Waals surface area contributed by atoms with E-state index in [1.807, 2.05) is 16.3 Å². The van der Waals surface area contributed by atoms with Gasteiger partial charge in [-0.2, -0.15) is 0 Å². The third-order valence-electron chi connectivity index (χ3n) is 4.80. The Morgan fingerprint density at radius 1 is 1.30 bits per heavy atom. The molecule has 0 bridgehead atoms. The van der Waals surface area contributed by atoms with Crippen LogP contribution in [0.5, 0.6) is 5.75 Å². The molecule has 0 radical (unpaired) electrons. The molecule has 3 rings (SSSR count). The molecule has 2 fully saturated rings. The minimum Gasteiger partial charge on any atom is -0.496 e. The summed E-state index contributed by atoms with van der Waals surface area (Å²) in [6.07, 6.45) is 4.84. The Morgan fingerprint density at radius 2 is 2.00 bits per heavy atom. The predicted octanol–water partition coefficient (Wildman–Crippen LogP) is 2.36. The highest BCUT2D eigenvalue weighted by molar-refractivity contribution is 7.12. The Hall–Kier alpha value is -1.07. The van der Waals surface area contributed by atoms with E-state index >= 15 is 0 Å². The van der Waals surface area contributed by atoms with Gasteiger partial charge in [0.25, 0.3) is 5.91 Å². The van der Waals surface area contributed by atoms with Crippen molar-refractivity contribution in [2.45, 2.75) is 25.7 Å². The van der Waals surface area contributed by atoms with Gasteiger partial charge in [-0.1, -0.05) is 0 Å². The van der Waals surface area contributed by atoms with Crippen molar-refractivity contribution in [1.29, 1.82) is 0 Å². The lowest BCUT2D eigenvalue weighted by Gasteiger charge is -2.44. The highest BCUT2D eigenvalue weighted by Crippen LogP contribution is 2.40. The van der Waals surface area contributed by atoms with Gasteiger partial charge in [-0.05, 0) is 44.2 Å². The van der Waals surface area contributed by atoms with Gasteiger partial charge in [-0.15, -0.1) is 11.3 Å². The number of nitrogens with one attached hydrogen (secondary N) is 1. The Morgan fingerprint density at radius 3 is 2.60 bits per heavy atom. The highest BCUT2D eigenvalue weighted by atomic mass is 32.1. The summed E-state index contributed by atoms with van der Waals surface area (Å²) in [7, 11) is 1.64. The number of methoxy groups -OCH3 is 1. The van der Waals surface area contributed by atoms with Crippen molar-refractivity contribution in [3.63, 3.8) is 0 Å². The average molecular weight is 294 g/mol. The zero-order valence-electron chi connectivity index (χ0n) is 12.0. The lowest BCUT2D eigenvalue weighted by Crippen LogP contribution is -2.47. The molecule has 1 N–H and O–H groups in total. The smallest absolute Gasteiger partial charge is 0.264 e. The second kappa shape index (κ2) is 5.74. The number of thiophene rings is 1. The number of carbonyl (C=O) groups excluding carboxylic acids is 1. The fraction of sp³-hybridized carbons (Fsp3) is 0.667. The second-order valence-corrected chi connectivity index (χ2v) is 6.80. The minimum atomic E-state index is 0.169. The number of piperidine rings is 2. The Kier molecular flexibility index (Phi) is 3.98. The van der Waals surface area contributed by atoms with Gasteiger partial charge in [-0.25, -0.2) is 0 Å². The van der Waals surface area contributed by atoms with Crippen molar-refractivity contribution in [2.75, 3.05) is 33.3 Å². The van der Waals surface area contributed by atoms with Crippen LogP contribution in [0.4, 0.5) is 0 Å². The van der Waals surface area contributed by atoms with E-state index in [2.05, 4.69) is 5.32 Å². The van der Waals surface area contributed by atoms with Gasteiger partial charge < -0.3 is 15.0 Å². The number of ether oxygens (including phenoxy) is 1. The molecule has 0 unspecified atom stereocenters. The first-order valence-corrected chi connectivity index (χ1v) is 8.23. The van der Waals surface area contributed by atoms with Gasteiger partial charge in [0, 0.05) is 24.5 Å². The molecule has 1 aromatic rings. The summed E-state index contributed by atoms with van der Waals surface area (Å²) in [5.74, 6) is 0.951. The van der Waals surface area contributed by atoms with Gasteiger partial charge in [0.2, 0.25) is 0 Å². The van der Waals surface area contributed by atoms with Crippen LogP contribution in [-0.4, -0.2) is 44.1 Å². The quantitative estimate of drug-likeness (QED) is 0.910. The highest BCUT2D eigenvalue weighted by Gasteiger charge is 2.36. The standard InChI is InChI=1S/C15H22N2O2S/c1-19-12-10-13(20-11-12)14(18)17-8-4-15(5-9-17)2-6-16-7-3-15/h10-11,16H,2-9H2,1H3. The number of hydrogen-bond acceptors (Lipinski definition) is 4. The van der Waals surface area contributed by atoms with Crippen molar-refractivity contribution in [1.82, 2.24) is 10.2 Å². The van der Waals surface area contributed by atoms with E-state index in [0.29, 0.717) is 5.41 Å². The molecule has 1 amide bonds. The minimum absolute atomic E-state index is 0.169. The summed E-state index contributed by atoms with van der Waals surface area (Å²) < 4.78 is 5.16. The molecule has 1 spiro atoms. The molecule has 2 aliphatic rings. The molecule has 2 aliphatic heterocycles. The molecule has 5 heteroatoms. The zero-order chi connectivity index (χ0) is 14.0. The van der Waals surface area contributed by atoms with E-state index in [1.54, 1.807) is 7.11 Å². The number of hydrogen-bond donors (Lipinski definition) is 1. The van der Waals surface area contributed by atoms with E-state index in [1.165, 1.54) is 24.2 Å². The van der Waals surface area contributed by atoms with Crippen LogP contribution < -0.4 is 10.1 Å². The molecule has 20 heavy (non-hydrogen) atoms. The third-order valence-corrected chi connectivity index (χ3v) is 5.69. The largest absolute Gasteiger partial charge is 0.496 e. The molecule has 1 aromatic heterocycles. The Labute approximate surface area is 124 Å². The summed E-state index contributed by atoms with van der Waals surface area (Å²) in [4.78, 5) is 15.3. The fourth-order valence-corrected chi connectivity index (χ4v) is 4.16. The topological polar surface area (TPSA) is 41.6 Å². The number of amides is 1. The summed E-state index contributed by atoms with van der Waals surface area (Å²) in [5.41, 5.74) is 0.495. The molecular formula is C15H22N2O2S. The zero-order valence-corrected chi connectivity index (χ0v) is 12.8. The van der Waals surface area contributed by atoms with Crippen LogP contribution in [-0.2, 0) is 0 Å². The molecule has 3 heterocycles. The lowest BCUT2D eigenvalue weighted by molar-refractivity contribution is 0.0499. The lowest BCUT2D eigenvalue weighted by atomic mass is 9.71. The van der Waals surface area contributed by atoms with Crippen molar-refractivity contribution in [3.8, 4) is 5.75 Å². The summed E-state index contributed by atoms with van der Waals surface area (Å²) in [5, 5.41) is 5.33. The molecular weight excluding hydrogens is 272 g/mol. The third kappa shape index (κ3) is 2.69. The van der Waals surface area contributed by atoms with Crippen molar-refractivity contribution < 1.29 is 9.53 Å². The molecule has 0 saturated carbocycles. The SMILES string of the molecule is COc1csc(C(=O)N2CCC3(CCNCC3)CC2)c1. The average Bonchev–Trinajstić information content (AvgIpc) is 2.97. The van der Waals surface area contributed by atoms with Gasteiger partial charge in [0.1, 0.15) is 5.75 Å². The van der Waals surface area contributed by atoms with Gasteiger partial charge in [0.15, 0.2) is 0 Å². The Balaban J connectivity index is 1.61. The Bertz CT molecular complexity index is 470. The van der Waals surface area contributed by atoms with E-state index in [-0.39, 0.29) is 5.91 Å². The second-order valence-electron chi connectivity index (χ2n) is 5.89. The summed E-state index contributed by atoms with van der Waals surface area (Å²) >= 11 is 1.48. The number of carbonyl (C=O) groups is 1. The first kappa shape index (κ1) is 13.9. The van der Waals surface area contributed by atoms with E-state index < -0.39 is 0 Å². The van der Waals surface area contributed by atoms with Gasteiger partial charge in [0.05, 0.1) is 12.0 Å². The molecule has 4 nitrogen and oxygen atoms in total. The predicted molar refractivity (Wildman–Crippen MR) is 80.5 cm³/mol. The van der Waals surface area contributed by atoms with E-state index in [9.17, 15) is 4.79 Å². The summed E-state index contributed by atoms with van der Waals surface area (Å²) in [6.45, 7) is 4.07. The maximum absolute atomic E-state index is 12.5. The first-order valence-electron chi connectivity index (χ1n) is 7.35. The van der Waals surface area contributed by atoms with Gasteiger partial charge in [-0.3, -0.25) is 4.79 Å². The molecule has 2 saturated heterocycles. The molecule has 0 aromatic carbocycles. The van der Waals surface area contributed by atoms with Crippen LogP contribution in [0, 0.1) is 5.41 Å². The molecule has 0 atom stereocenters. The van der Waals surface area contributed by atoms with Gasteiger partial charge >= 0.3 is 0 Å². The maximum Gasteiger partial charge on any atom is 0.264 e. The number of nitrogens with zero attached hydrogens (tertiary/aromatic N) is 1. The first-order chi connectivity index (χ1) is 9.72. The summed E-state index contributed by atoms with van der Waals surface area (Å²) in [6, 6.07) is 1.85. The van der Waals surface area contributed by atoms with Crippen LogP contribution in [0.3, 0.4) is 0 Å². The van der Waals surface area contributed by atoms with Crippen LogP contribution in [0.2, 0.25) is 0 Å². The number of likely N-dealkylation sites (tertiary alicyclic amines) is 1. The van der Waals surface area contributed by atoms with Crippen LogP contribution in [0.15, 0.2) is 11.4 Å². The molecule has 0 aliphatic carbocycles. The van der Waals surface area contributed by atoms with Crippen molar-refractivity contribution in [2.24, 2.45) is 5.41 Å². The normalized spacial score (nSPS) is 21.9. The monoisotopic (exact) mass is 294 g/mol. The van der Waals surface area contributed by atoms with Crippen LogP contribution in [0.1, 0.15) is 35.4 Å². The van der Waals surface area contributed by atoms with Crippen molar-refractivity contribution >= 4 is 17.2 Å². The molecule has 110 valence electrons. The van der Waals surface area contributed by atoms with E-state index in [4.69, 9.17) is 4.74 Å². The number of rotatable bonds is 2. The van der Waals surface area contributed by atoms with Crippen LogP contribution in [0.25, 0.3) is 0 Å². The van der Waals surface area contributed by atoms with Crippen molar-refractivity contribution in [3.05, 3.63) is 16.3 Å². The maximum atomic E-state index is 12.5. The fourth-order valence-electron chi connectivity index (χ4n) is 3.34.